The maximum absolute atomic E-state index is 11.4. The normalized spacial score (nSPS) is 18.0. The Balaban J connectivity index is 2.21. The summed E-state index contributed by atoms with van der Waals surface area (Å²) < 4.78 is 0. The van der Waals surface area contributed by atoms with Gasteiger partial charge < -0.3 is 10.2 Å². The van der Waals surface area contributed by atoms with Gasteiger partial charge in [0.2, 0.25) is 0 Å². The van der Waals surface area contributed by atoms with Crippen LogP contribution in [0.1, 0.15) is 13.3 Å². The van der Waals surface area contributed by atoms with Gasteiger partial charge in [-0.3, -0.25) is 10.1 Å². The quantitative estimate of drug-likeness (QED) is 0.690. The van der Waals surface area contributed by atoms with Crippen molar-refractivity contribution in [2.45, 2.75) is 19.4 Å². The maximum atomic E-state index is 11.4. The summed E-state index contributed by atoms with van der Waals surface area (Å²) in [5, 5.41) is 15.6. The Labute approximate surface area is 122 Å². The minimum absolute atomic E-state index is 0.0856. The molecule has 1 N–H and O–H groups in total. The molecule has 6 nitrogen and oxygen atoms in total. The predicted octanol–water partition coefficient (Wildman–Crippen LogP) is 2.33. The number of nitrogens with zero attached hydrogens (tertiary/aromatic N) is 3. The average Bonchev–Trinajstić information content (AvgIpc) is 3.02. The van der Waals surface area contributed by atoms with E-state index in [9.17, 15) is 10.1 Å². The summed E-state index contributed by atoms with van der Waals surface area (Å²) in [7, 11) is 0. The number of hydrogen-bond acceptors (Lipinski definition) is 5. The molecule has 110 valence electrons. The summed E-state index contributed by atoms with van der Waals surface area (Å²) in [6.45, 7) is 4.60. The largest absolute Gasteiger partial charge is 0.361 e. The number of nitro groups is 1. The van der Waals surface area contributed by atoms with Crippen LogP contribution in [0.4, 0.5) is 11.4 Å². The highest BCUT2D eigenvalue weighted by atomic mass is 16.6. The van der Waals surface area contributed by atoms with E-state index in [1.807, 2.05) is 31.2 Å². The zero-order chi connectivity index (χ0) is 14.8. The highest BCUT2D eigenvalue weighted by Crippen LogP contribution is 2.36. The number of anilines is 1. The van der Waals surface area contributed by atoms with E-state index < -0.39 is 0 Å². The Morgan fingerprint density at radius 3 is 2.95 bits per heavy atom. The standard InChI is InChI=1S/C15H18N4O2/c1-2-18(11-7-8-16-9-11)15-12-5-3-4-6-13(12)17-10-14(15)19(20)21/h3-6,10-11,16H,2,7-9H2,1H3. The first-order chi connectivity index (χ1) is 10.2. The second kappa shape index (κ2) is 5.65. The zero-order valence-corrected chi connectivity index (χ0v) is 12.0. The average molecular weight is 286 g/mol. The van der Waals surface area contributed by atoms with Crippen LogP contribution in [0.3, 0.4) is 0 Å². The van der Waals surface area contributed by atoms with Crippen molar-refractivity contribution in [1.82, 2.24) is 10.3 Å². The van der Waals surface area contributed by atoms with Crippen molar-refractivity contribution < 1.29 is 4.92 Å². The first kappa shape index (κ1) is 13.8. The molecule has 1 aliphatic heterocycles. The molecule has 1 aromatic carbocycles. The van der Waals surface area contributed by atoms with Crippen LogP contribution in [0.2, 0.25) is 0 Å². The second-order valence-electron chi connectivity index (χ2n) is 5.20. The summed E-state index contributed by atoms with van der Waals surface area (Å²) >= 11 is 0. The van der Waals surface area contributed by atoms with Crippen LogP contribution in [0.5, 0.6) is 0 Å². The van der Waals surface area contributed by atoms with E-state index in [1.54, 1.807) is 0 Å². The Morgan fingerprint density at radius 2 is 2.29 bits per heavy atom. The van der Waals surface area contributed by atoms with Gasteiger partial charge in [-0.1, -0.05) is 18.2 Å². The molecule has 0 bridgehead atoms. The van der Waals surface area contributed by atoms with Gasteiger partial charge in [0.1, 0.15) is 11.9 Å². The van der Waals surface area contributed by atoms with Gasteiger partial charge in [-0.25, -0.2) is 4.98 Å². The molecular weight excluding hydrogens is 268 g/mol. The van der Waals surface area contributed by atoms with Gasteiger partial charge in [-0.2, -0.15) is 0 Å². The highest BCUT2D eigenvalue weighted by Gasteiger charge is 2.29. The fourth-order valence-corrected chi connectivity index (χ4v) is 3.06. The minimum atomic E-state index is -0.334. The number of fused-ring (bicyclic) bond motifs is 1. The van der Waals surface area contributed by atoms with Crippen LogP contribution in [0.15, 0.2) is 30.5 Å². The molecule has 21 heavy (non-hydrogen) atoms. The first-order valence-electron chi connectivity index (χ1n) is 7.22. The summed E-state index contributed by atoms with van der Waals surface area (Å²) in [6.07, 6.45) is 2.38. The Kier molecular flexibility index (Phi) is 3.70. The van der Waals surface area contributed by atoms with Crippen LogP contribution in [0.25, 0.3) is 10.9 Å². The second-order valence-corrected chi connectivity index (χ2v) is 5.20. The van der Waals surface area contributed by atoms with Crippen molar-refractivity contribution in [2.75, 3.05) is 24.5 Å². The third-order valence-electron chi connectivity index (χ3n) is 4.03. The van der Waals surface area contributed by atoms with Gasteiger partial charge in [0, 0.05) is 24.5 Å². The molecule has 1 aromatic heterocycles. The lowest BCUT2D eigenvalue weighted by atomic mass is 10.1. The van der Waals surface area contributed by atoms with Crippen LogP contribution in [-0.4, -0.2) is 35.6 Å². The molecule has 2 aromatic rings. The Bertz CT molecular complexity index is 668. The van der Waals surface area contributed by atoms with Crippen LogP contribution >= 0.6 is 0 Å². The zero-order valence-electron chi connectivity index (χ0n) is 12.0. The number of pyridine rings is 1. The molecule has 0 aliphatic carbocycles. The number of likely N-dealkylation sites (N-methyl/N-ethyl adjacent to an activating group) is 1. The molecule has 2 heterocycles. The van der Waals surface area contributed by atoms with Crippen LogP contribution in [0, 0.1) is 10.1 Å². The Hall–Kier alpha value is -2.21. The molecule has 1 unspecified atom stereocenters. The highest BCUT2D eigenvalue weighted by molar-refractivity contribution is 5.96. The Morgan fingerprint density at radius 1 is 1.48 bits per heavy atom. The van der Waals surface area contributed by atoms with E-state index in [0.717, 1.165) is 37.0 Å². The lowest BCUT2D eigenvalue weighted by molar-refractivity contribution is -0.384. The van der Waals surface area contributed by atoms with Gasteiger partial charge in [-0.05, 0) is 26.0 Å². The van der Waals surface area contributed by atoms with Gasteiger partial charge in [0.25, 0.3) is 0 Å². The lowest BCUT2D eigenvalue weighted by Crippen LogP contribution is -2.37. The third-order valence-corrected chi connectivity index (χ3v) is 4.03. The van der Waals surface area contributed by atoms with E-state index in [1.165, 1.54) is 6.20 Å². The summed E-state index contributed by atoms with van der Waals surface area (Å²) in [5.74, 6) is 0. The molecule has 1 aliphatic rings. The third kappa shape index (κ3) is 2.42. The van der Waals surface area contributed by atoms with Gasteiger partial charge >= 0.3 is 5.69 Å². The molecular formula is C15H18N4O2. The monoisotopic (exact) mass is 286 g/mol. The summed E-state index contributed by atoms with van der Waals surface area (Å²) in [6, 6.07) is 7.90. The molecule has 0 saturated carbocycles. The molecule has 0 amide bonds. The molecule has 1 saturated heterocycles. The molecule has 0 radical (unpaired) electrons. The molecule has 0 spiro atoms. The van der Waals surface area contributed by atoms with Crippen molar-refractivity contribution in [2.24, 2.45) is 0 Å². The summed E-state index contributed by atoms with van der Waals surface area (Å²) in [4.78, 5) is 17.5. The van der Waals surface area contributed by atoms with Crippen molar-refractivity contribution in [3.63, 3.8) is 0 Å². The van der Waals surface area contributed by atoms with E-state index in [-0.39, 0.29) is 10.6 Å². The predicted molar refractivity (Wildman–Crippen MR) is 82.7 cm³/mol. The van der Waals surface area contributed by atoms with Crippen LogP contribution < -0.4 is 10.2 Å². The van der Waals surface area contributed by atoms with Gasteiger partial charge in [0.15, 0.2) is 0 Å². The van der Waals surface area contributed by atoms with Gasteiger partial charge in [-0.15, -0.1) is 0 Å². The maximum Gasteiger partial charge on any atom is 0.311 e. The number of para-hydroxylation sites is 1. The number of aromatic nitrogens is 1. The van der Waals surface area contributed by atoms with Crippen molar-refractivity contribution in [1.29, 1.82) is 0 Å². The molecule has 1 atom stereocenters. The molecule has 6 heteroatoms. The smallest absolute Gasteiger partial charge is 0.311 e. The fourth-order valence-electron chi connectivity index (χ4n) is 3.06. The number of nitrogens with one attached hydrogen (secondary N) is 1. The lowest BCUT2D eigenvalue weighted by Gasteiger charge is -2.29. The van der Waals surface area contributed by atoms with E-state index in [2.05, 4.69) is 15.2 Å². The number of hydrogen-bond donors (Lipinski definition) is 1. The van der Waals surface area contributed by atoms with Crippen molar-refractivity contribution >= 4 is 22.3 Å². The van der Waals surface area contributed by atoms with Crippen LogP contribution in [-0.2, 0) is 0 Å². The van der Waals surface area contributed by atoms with Crippen molar-refractivity contribution in [3.05, 3.63) is 40.6 Å². The summed E-state index contributed by atoms with van der Waals surface area (Å²) in [5.41, 5.74) is 1.58. The van der Waals surface area contributed by atoms with E-state index in [0.29, 0.717) is 11.7 Å². The van der Waals surface area contributed by atoms with E-state index in [4.69, 9.17) is 0 Å². The van der Waals surface area contributed by atoms with Crippen molar-refractivity contribution in [3.8, 4) is 0 Å². The number of benzene rings is 1. The SMILES string of the molecule is CCN(c1c([N+](=O)[O-])cnc2ccccc12)C1CCNC1. The van der Waals surface area contributed by atoms with Gasteiger partial charge in [0.05, 0.1) is 10.4 Å². The molecule has 1 fully saturated rings. The minimum Gasteiger partial charge on any atom is -0.361 e. The van der Waals surface area contributed by atoms with E-state index >= 15 is 0 Å². The fraction of sp³-hybridized carbons (Fsp3) is 0.400. The molecule has 3 rings (SSSR count). The topological polar surface area (TPSA) is 71.3 Å². The number of rotatable bonds is 4. The first-order valence-corrected chi connectivity index (χ1v) is 7.22.